The minimum atomic E-state index is -4.04. The van der Waals surface area contributed by atoms with Gasteiger partial charge in [-0.05, 0) is 46.0 Å². The SMILES string of the molecule is CCOC(=O)CNP(=O)(NCC(=O)OCC)OCC1OC2(C)C(n3cnc4c3C(C)CCC(N)=NC4=NC3CC3)C2(O)C1O. The molecule has 4 aliphatic rings. The summed E-state index contributed by atoms with van der Waals surface area (Å²) >= 11 is 0. The summed E-state index contributed by atoms with van der Waals surface area (Å²) in [5.74, 6) is -0.390. The summed E-state index contributed by atoms with van der Waals surface area (Å²) in [6.07, 6.45) is 2.35. The van der Waals surface area contributed by atoms with Crippen LogP contribution in [0.25, 0.3) is 0 Å². The molecule has 6 unspecified atom stereocenters. The number of esters is 2. The van der Waals surface area contributed by atoms with E-state index in [9.17, 15) is 24.4 Å². The average molecular weight is 640 g/mol. The lowest BCUT2D eigenvalue weighted by Gasteiger charge is -2.27. The van der Waals surface area contributed by atoms with Gasteiger partial charge in [-0.15, -0.1) is 0 Å². The zero-order valence-electron chi connectivity index (χ0n) is 25.4. The lowest BCUT2D eigenvalue weighted by molar-refractivity contribution is -0.142. The number of nitrogens with one attached hydrogen (secondary N) is 2. The number of aliphatic hydroxyl groups excluding tert-OH is 1. The molecule has 0 bridgehead atoms. The largest absolute Gasteiger partial charge is 0.465 e. The Labute approximate surface area is 255 Å². The predicted molar refractivity (Wildman–Crippen MR) is 157 cm³/mol. The summed E-state index contributed by atoms with van der Waals surface area (Å²) in [5.41, 5.74) is 4.63. The smallest absolute Gasteiger partial charge is 0.341 e. The van der Waals surface area contributed by atoms with E-state index >= 15 is 0 Å². The monoisotopic (exact) mass is 639 g/mol. The van der Waals surface area contributed by atoms with E-state index in [0.29, 0.717) is 30.2 Å². The molecule has 44 heavy (non-hydrogen) atoms. The maximum Gasteiger partial charge on any atom is 0.341 e. The highest BCUT2D eigenvalue weighted by atomic mass is 31.2. The standard InChI is InChI=1S/C27H42N7O9P/c1-5-40-19(35)11-30-44(39,31-12-20(36)41-6-2)42-13-17-23(37)27(38)25(26(27,4)43-17)34-14-29-21-22(34)15(3)7-10-18(28)33-24(21)32-16-8-9-16/h14-17,23,25,37-38H,5-13H2,1-4H3,(H2,28,32,33)(H2,30,31,39). The highest BCUT2D eigenvalue weighted by Crippen LogP contribution is 2.68. The maximum absolute atomic E-state index is 13.5. The van der Waals surface area contributed by atoms with Gasteiger partial charge < -0.3 is 39.2 Å². The van der Waals surface area contributed by atoms with Crippen LogP contribution in [-0.4, -0.2) is 106 Å². The first-order valence-corrected chi connectivity index (χ1v) is 16.6. The quantitative estimate of drug-likeness (QED) is 0.145. The number of nitrogens with zero attached hydrogens (tertiary/aromatic N) is 4. The minimum absolute atomic E-state index is 0.00224. The normalized spacial score (nSPS) is 32.3. The van der Waals surface area contributed by atoms with Crippen molar-refractivity contribution in [1.82, 2.24) is 19.7 Å². The van der Waals surface area contributed by atoms with Crippen LogP contribution in [0.2, 0.25) is 0 Å². The van der Waals surface area contributed by atoms with Crippen molar-refractivity contribution in [3.05, 3.63) is 17.7 Å². The van der Waals surface area contributed by atoms with Gasteiger partial charge >= 0.3 is 19.6 Å². The number of nitrogens with two attached hydrogens (primary N) is 1. The molecule has 1 saturated heterocycles. The van der Waals surface area contributed by atoms with Crippen LogP contribution in [0.5, 0.6) is 0 Å². The lowest BCUT2D eigenvalue weighted by atomic mass is 9.97. The summed E-state index contributed by atoms with van der Waals surface area (Å²) in [4.78, 5) is 37.7. The van der Waals surface area contributed by atoms with Gasteiger partial charge in [-0.3, -0.25) is 19.1 Å². The molecule has 17 heteroatoms. The van der Waals surface area contributed by atoms with Crippen LogP contribution in [0.1, 0.15) is 76.7 Å². The molecule has 2 aliphatic heterocycles. The molecular weight excluding hydrogens is 597 g/mol. The number of imidazole rings is 1. The Kier molecular flexibility index (Phi) is 9.34. The number of amidine groups is 2. The Balaban J connectivity index is 1.32. The van der Waals surface area contributed by atoms with E-state index in [0.717, 1.165) is 18.5 Å². The van der Waals surface area contributed by atoms with Gasteiger partial charge in [0.05, 0.1) is 37.9 Å². The number of carbonyl (C=O) groups excluding carboxylic acids is 2. The number of hydrogen-bond acceptors (Lipinski definition) is 12. The topological polar surface area (TPSA) is 221 Å². The fraction of sp³-hybridized carbons (Fsp3) is 0.741. The molecule has 0 radical (unpaired) electrons. The molecule has 2 aliphatic carbocycles. The number of carbonyl (C=O) groups is 2. The Morgan fingerprint density at radius 1 is 1.20 bits per heavy atom. The second-order valence-corrected chi connectivity index (χ2v) is 13.7. The number of ether oxygens (including phenoxy) is 3. The van der Waals surface area contributed by atoms with Crippen LogP contribution in [0.3, 0.4) is 0 Å². The van der Waals surface area contributed by atoms with E-state index in [1.807, 2.05) is 11.5 Å². The summed E-state index contributed by atoms with van der Waals surface area (Å²) in [7, 11) is -4.04. The number of fused-ring (bicyclic) bond motifs is 2. The van der Waals surface area contributed by atoms with Gasteiger partial charge in [0.2, 0.25) is 0 Å². The molecule has 3 fully saturated rings. The molecule has 244 valence electrons. The first-order valence-electron chi connectivity index (χ1n) is 15.0. The molecule has 16 nitrogen and oxygen atoms in total. The molecule has 0 aromatic carbocycles. The van der Waals surface area contributed by atoms with Gasteiger partial charge in [-0.25, -0.2) is 20.2 Å². The highest BCUT2D eigenvalue weighted by Gasteiger charge is 2.85. The van der Waals surface area contributed by atoms with Crippen molar-refractivity contribution in [2.24, 2.45) is 15.7 Å². The zero-order chi connectivity index (χ0) is 31.9. The Hall–Kier alpha value is -2.72. The second kappa shape index (κ2) is 12.6. The van der Waals surface area contributed by atoms with Gasteiger partial charge in [0, 0.05) is 6.42 Å². The van der Waals surface area contributed by atoms with Crippen molar-refractivity contribution in [2.75, 3.05) is 32.9 Å². The number of hydrogen-bond donors (Lipinski definition) is 5. The van der Waals surface area contributed by atoms with Gasteiger partial charge in [-0.1, -0.05) is 6.92 Å². The van der Waals surface area contributed by atoms with Gasteiger partial charge in [0.15, 0.2) is 5.84 Å². The van der Waals surface area contributed by atoms with E-state index in [1.54, 1.807) is 27.1 Å². The van der Waals surface area contributed by atoms with Crippen LogP contribution in [-0.2, 0) is 32.9 Å². The van der Waals surface area contributed by atoms with Crippen LogP contribution in [0, 0.1) is 0 Å². The second-order valence-electron chi connectivity index (χ2n) is 11.7. The third-order valence-electron chi connectivity index (χ3n) is 8.47. The third-order valence-corrected chi connectivity index (χ3v) is 10.1. The van der Waals surface area contributed by atoms with Gasteiger partial charge in [-0.2, -0.15) is 0 Å². The number of aliphatic imine (C=N–C) groups is 2. The molecule has 0 spiro atoms. The van der Waals surface area contributed by atoms with E-state index < -0.39 is 68.8 Å². The molecule has 6 N–H and O–H groups in total. The van der Waals surface area contributed by atoms with E-state index in [-0.39, 0.29) is 25.2 Å². The highest BCUT2D eigenvalue weighted by molar-refractivity contribution is 7.54. The Morgan fingerprint density at radius 2 is 1.84 bits per heavy atom. The lowest BCUT2D eigenvalue weighted by Crippen LogP contribution is -2.41. The van der Waals surface area contributed by atoms with Crippen LogP contribution >= 0.6 is 7.67 Å². The summed E-state index contributed by atoms with van der Waals surface area (Å²) in [6, 6.07) is -0.490. The Morgan fingerprint density at radius 3 is 2.39 bits per heavy atom. The molecular formula is C27H42N7O9P. The maximum atomic E-state index is 13.5. The molecule has 0 amide bonds. The van der Waals surface area contributed by atoms with Crippen LogP contribution in [0.15, 0.2) is 16.3 Å². The number of rotatable bonds is 13. The van der Waals surface area contributed by atoms with Crippen molar-refractivity contribution < 1.29 is 43.1 Å². The van der Waals surface area contributed by atoms with E-state index in [2.05, 4.69) is 20.2 Å². The van der Waals surface area contributed by atoms with Crippen LogP contribution < -0.4 is 15.9 Å². The number of aliphatic hydroxyl groups is 2. The summed E-state index contributed by atoms with van der Waals surface area (Å²) in [5, 5.41) is 28.0. The molecule has 1 aromatic rings. The summed E-state index contributed by atoms with van der Waals surface area (Å²) in [6.45, 7) is 5.87. The van der Waals surface area contributed by atoms with E-state index in [1.165, 1.54) is 0 Å². The first-order chi connectivity index (χ1) is 20.9. The van der Waals surface area contributed by atoms with Gasteiger partial charge in [0.25, 0.3) is 0 Å². The fourth-order valence-electron chi connectivity index (χ4n) is 5.99. The van der Waals surface area contributed by atoms with Crippen molar-refractivity contribution in [3.63, 3.8) is 0 Å². The number of aromatic nitrogens is 2. The van der Waals surface area contributed by atoms with Crippen molar-refractivity contribution >= 4 is 31.3 Å². The van der Waals surface area contributed by atoms with Crippen molar-refractivity contribution in [3.8, 4) is 0 Å². The van der Waals surface area contributed by atoms with Crippen molar-refractivity contribution in [2.45, 2.75) is 94.8 Å². The van der Waals surface area contributed by atoms with E-state index in [4.69, 9.17) is 29.5 Å². The molecule has 1 aromatic heterocycles. The predicted octanol–water partition coefficient (Wildman–Crippen LogP) is 0.281. The average Bonchev–Trinajstić information content (AvgIpc) is 3.80. The van der Waals surface area contributed by atoms with Gasteiger partial charge in [0.1, 0.15) is 54.1 Å². The summed E-state index contributed by atoms with van der Waals surface area (Å²) < 4.78 is 36.8. The van der Waals surface area contributed by atoms with Crippen molar-refractivity contribution in [1.29, 1.82) is 0 Å². The molecule has 5 rings (SSSR count). The fourth-order valence-corrected chi connectivity index (χ4v) is 7.32. The molecule has 2 saturated carbocycles. The Bertz CT molecular complexity index is 1360. The zero-order valence-corrected chi connectivity index (χ0v) is 26.3. The molecule has 3 heterocycles. The third kappa shape index (κ3) is 6.21. The molecule has 6 atom stereocenters. The minimum Gasteiger partial charge on any atom is -0.465 e. The van der Waals surface area contributed by atoms with Crippen LogP contribution in [0.4, 0.5) is 0 Å². The first kappa shape index (κ1) is 32.7.